The zero-order chi connectivity index (χ0) is 19.1. The summed E-state index contributed by atoms with van der Waals surface area (Å²) in [6.07, 6.45) is 2.05. The number of halogens is 1. The van der Waals surface area contributed by atoms with Gasteiger partial charge in [-0.2, -0.15) is 22.5 Å². The van der Waals surface area contributed by atoms with E-state index in [-0.39, 0.29) is 6.42 Å². The maximum atomic E-state index is 12.7. The van der Waals surface area contributed by atoms with Crippen molar-refractivity contribution in [2.45, 2.75) is 25.4 Å². The first kappa shape index (κ1) is 18.8. The lowest BCUT2D eigenvalue weighted by Gasteiger charge is -2.36. The van der Waals surface area contributed by atoms with Gasteiger partial charge in [-0.05, 0) is 31.5 Å². The molecular weight excluding hydrogens is 378 g/mol. The Balaban J connectivity index is 1.87. The van der Waals surface area contributed by atoms with E-state index in [1.165, 1.54) is 7.05 Å². The highest BCUT2D eigenvalue weighted by atomic mass is 35.5. The largest absolute Gasteiger partial charge is 0.325 e. The second-order valence-corrected chi connectivity index (χ2v) is 8.48. The molecule has 0 radical (unpaired) electrons. The average Bonchev–Trinajstić information content (AvgIpc) is 2.88. The van der Waals surface area contributed by atoms with Crippen LogP contribution in [0.25, 0.3) is 0 Å². The Morgan fingerprint density at radius 1 is 1.38 bits per heavy atom. The molecule has 0 bridgehead atoms. The molecule has 26 heavy (non-hydrogen) atoms. The molecule has 1 amide bonds. The Morgan fingerprint density at radius 2 is 2.12 bits per heavy atom. The minimum absolute atomic E-state index is 0.286. The lowest BCUT2D eigenvalue weighted by atomic mass is 10.00. The van der Waals surface area contributed by atoms with Gasteiger partial charge in [0.25, 0.3) is 10.2 Å². The van der Waals surface area contributed by atoms with Gasteiger partial charge in [0.2, 0.25) is 5.91 Å². The van der Waals surface area contributed by atoms with Crippen LogP contribution in [0.4, 0.5) is 5.69 Å². The lowest BCUT2D eigenvalue weighted by molar-refractivity contribution is -0.120. The number of benzene rings is 1. The van der Waals surface area contributed by atoms with Crippen LogP contribution >= 0.6 is 11.6 Å². The molecule has 1 aromatic heterocycles. The van der Waals surface area contributed by atoms with Crippen molar-refractivity contribution in [3.05, 3.63) is 46.7 Å². The Morgan fingerprint density at radius 3 is 2.73 bits per heavy atom. The number of rotatable bonds is 3. The predicted molar refractivity (Wildman–Crippen MR) is 99.0 cm³/mol. The number of amides is 1. The zero-order valence-corrected chi connectivity index (χ0v) is 16.2. The van der Waals surface area contributed by atoms with E-state index in [4.69, 9.17) is 11.6 Å². The lowest BCUT2D eigenvalue weighted by Crippen LogP contribution is -2.56. The van der Waals surface area contributed by atoms with Gasteiger partial charge in [-0.1, -0.05) is 17.7 Å². The molecule has 140 valence electrons. The van der Waals surface area contributed by atoms with E-state index in [1.807, 2.05) is 6.92 Å². The van der Waals surface area contributed by atoms with Crippen LogP contribution in [0.5, 0.6) is 0 Å². The summed E-state index contributed by atoms with van der Waals surface area (Å²) < 4.78 is 30.3. The van der Waals surface area contributed by atoms with Crippen LogP contribution in [0.3, 0.4) is 0 Å². The predicted octanol–water partition coefficient (Wildman–Crippen LogP) is 1.60. The van der Waals surface area contributed by atoms with Gasteiger partial charge in [0.15, 0.2) is 0 Å². The molecule has 0 aliphatic carbocycles. The van der Waals surface area contributed by atoms with Crippen LogP contribution < -0.4 is 10.0 Å². The summed E-state index contributed by atoms with van der Waals surface area (Å²) in [6.45, 7) is 1.81. The number of nitrogens with one attached hydrogen (secondary N) is 2. The monoisotopic (exact) mass is 397 g/mol. The third-order valence-corrected chi connectivity index (χ3v) is 6.22. The van der Waals surface area contributed by atoms with E-state index in [1.54, 1.807) is 42.2 Å². The fraction of sp³-hybridized carbons (Fsp3) is 0.375. The van der Waals surface area contributed by atoms with Gasteiger partial charge in [-0.25, -0.2) is 0 Å². The molecule has 1 aromatic carbocycles. The quantitative estimate of drug-likeness (QED) is 0.822. The normalized spacial score (nSPS) is 22.9. The Labute approximate surface area is 157 Å². The molecule has 10 heteroatoms. The van der Waals surface area contributed by atoms with Crippen LogP contribution in [0.15, 0.2) is 30.5 Å². The summed E-state index contributed by atoms with van der Waals surface area (Å²) in [7, 11) is -0.649. The summed E-state index contributed by atoms with van der Waals surface area (Å²) in [4.78, 5) is 12.7. The fourth-order valence-electron chi connectivity index (χ4n) is 3.06. The van der Waals surface area contributed by atoms with Crippen molar-refractivity contribution in [3.63, 3.8) is 0 Å². The summed E-state index contributed by atoms with van der Waals surface area (Å²) in [5.41, 5.74) is 1.99. The summed E-state index contributed by atoms with van der Waals surface area (Å²) >= 11 is 5.93. The van der Waals surface area contributed by atoms with Crippen molar-refractivity contribution >= 4 is 33.4 Å². The third kappa shape index (κ3) is 3.75. The van der Waals surface area contributed by atoms with E-state index < -0.39 is 28.2 Å². The number of hydrogen-bond acceptors (Lipinski definition) is 4. The van der Waals surface area contributed by atoms with Crippen LogP contribution in [0.1, 0.15) is 23.7 Å². The average molecular weight is 398 g/mol. The number of nitrogens with zero attached hydrogens (tertiary/aromatic N) is 3. The van der Waals surface area contributed by atoms with Crippen molar-refractivity contribution in [2.24, 2.45) is 7.05 Å². The van der Waals surface area contributed by atoms with Crippen molar-refractivity contribution < 1.29 is 13.2 Å². The van der Waals surface area contributed by atoms with Crippen LogP contribution in [0.2, 0.25) is 5.02 Å². The highest BCUT2D eigenvalue weighted by Gasteiger charge is 2.41. The van der Waals surface area contributed by atoms with E-state index in [0.29, 0.717) is 10.7 Å². The number of anilines is 1. The summed E-state index contributed by atoms with van der Waals surface area (Å²) in [5.74, 6) is -0.411. The third-order valence-electron chi connectivity index (χ3n) is 4.39. The van der Waals surface area contributed by atoms with Crippen LogP contribution in [-0.2, 0) is 22.1 Å². The molecule has 0 saturated carbocycles. The Hall–Kier alpha value is -1.94. The van der Waals surface area contributed by atoms with E-state index in [9.17, 15) is 13.2 Å². The molecule has 2 aromatic rings. The standard InChI is InChI=1S/C16H20ClN5O3S/c1-10-13(9-21(2)19-10)14-8-15(22(3)26(24,25)20-14)16(23)18-12-6-4-5-11(17)7-12/h4-7,9,14-15,20H,8H2,1-3H3,(H,18,23)/t14-,15+/m1/s1. The maximum absolute atomic E-state index is 12.7. The first-order valence-corrected chi connectivity index (χ1v) is 9.81. The highest BCUT2D eigenvalue weighted by molar-refractivity contribution is 7.87. The van der Waals surface area contributed by atoms with Gasteiger partial charge >= 0.3 is 0 Å². The number of carbonyl (C=O) groups excluding carboxylic acids is 1. The number of carbonyl (C=O) groups is 1. The first-order chi connectivity index (χ1) is 12.2. The molecule has 1 fully saturated rings. The molecule has 0 spiro atoms. The Kier molecular flexibility index (Phi) is 5.07. The van der Waals surface area contributed by atoms with Crippen LogP contribution in [-0.4, -0.2) is 41.5 Å². The molecule has 3 rings (SSSR count). The molecule has 2 heterocycles. The van der Waals surface area contributed by atoms with Gasteiger partial charge in [-0.15, -0.1) is 0 Å². The van der Waals surface area contributed by atoms with Gasteiger partial charge < -0.3 is 5.32 Å². The topological polar surface area (TPSA) is 96.3 Å². The van der Waals surface area contributed by atoms with Crippen molar-refractivity contribution in [1.82, 2.24) is 18.8 Å². The number of aromatic nitrogens is 2. The minimum Gasteiger partial charge on any atom is -0.325 e. The first-order valence-electron chi connectivity index (χ1n) is 7.99. The number of aryl methyl sites for hydroxylation is 2. The molecule has 2 atom stereocenters. The van der Waals surface area contributed by atoms with Gasteiger partial charge in [0.05, 0.1) is 11.7 Å². The SMILES string of the molecule is Cc1nn(C)cc1[C@H]1C[C@@H](C(=O)Nc2cccc(Cl)c2)N(C)S(=O)(=O)N1. The zero-order valence-electron chi connectivity index (χ0n) is 14.6. The van der Waals surface area contributed by atoms with E-state index >= 15 is 0 Å². The molecule has 1 aliphatic heterocycles. The van der Waals surface area contributed by atoms with Crippen LogP contribution in [0, 0.1) is 6.92 Å². The molecule has 1 aliphatic rings. The molecular formula is C16H20ClN5O3S. The Bertz CT molecular complexity index is 943. The van der Waals surface area contributed by atoms with Gasteiger partial charge in [0.1, 0.15) is 6.04 Å². The minimum atomic E-state index is -3.80. The number of hydrogen-bond donors (Lipinski definition) is 2. The summed E-state index contributed by atoms with van der Waals surface area (Å²) in [6, 6.07) is 5.33. The summed E-state index contributed by atoms with van der Waals surface area (Å²) in [5, 5.41) is 7.47. The van der Waals surface area contributed by atoms with E-state index in [2.05, 4.69) is 15.1 Å². The maximum Gasteiger partial charge on any atom is 0.280 e. The second-order valence-electron chi connectivity index (χ2n) is 6.29. The molecule has 2 N–H and O–H groups in total. The van der Waals surface area contributed by atoms with Crippen molar-refractivity contribution in [2.75, 3.05) is 12.4 Å². The second kappa shape index (κ2) is 6.99. The fourth-order valence-corrected chi connectivity index (χ4v) is 4.52. The van der Waals surface area contributed by atoms with Gasteiger partial charge in [0, 0.05) is 36.6 Å². The highest BCUT2D eigenvalue weighted by Crippen LogP contribution is 2.30. The van der Waals surface area contributed by atoms with Gasteiger partial charge in [-0.3, -0.25) is 9.48 Å². The molecule has 1 saturated heterocycles. The van der Waals surface area contributed by atoms with E-state index in [0.717, 1.165) is 15.6 Å². The van der Waals surface area contributed by atoms with Crippen molar-refractivity contribution in [1.29, 1.82) is 0 Å². The number of likely N-dealkylation sites (N-methyl/N-ethyl adjacent to an activating group) is 1. The smallest absolute Gasteiger partial charge is 0.280 e. The molecule has 0 unspecified atom stereocenters. The molecule has 8 nitrogen and oxygen atoms in total. The van der Waals surface area contributed by atoms with Crippen molar-refractivity contribution in [3.8, 4) is 0 Å².